The highest BCUT2D eigenvalue weighted by Crippen LogP contribution is 2.30. The summed E-state index contributed by atoms with van der Waals surface area (Å²) in [7, 11) is 0. The smallest absolute Gasteiger partial charge is 0.231 e. The maximum atomic E-state index is 5.89. The number of rotatable bonds is 2. The van der Waals surface area contributed by atoms with Crippen LogP contribution in [0.1, 0.15) is 0 Å². The predicted molar refractivity (Wildman–Crippen MR) is 79.2 cm³/mol. The molecule has 4 aromatic rings. The van der Waals surface area contributed by atoms with Gasteiger partial charge in [0.25, 0.3) is 0 Å². The molecule has 0 radical (unpaired) electrons. The Balaban J connectivity index is 1.78. The predicted octanol–water partition coefficient (Wildman–Crippen LogP) is 4.03. The molecule has 96 valence electrons. The zero-order valence-corrected chi connectivity index (χ0v) is 11.2. The molecule has 0 amide bonds. The van der Waals surface area contributed by atoms with E-state index in [1.807, 2.05) is 41.8 Å². The highest BCUT2D eigenvalue weighted by atomic mass is 32.1. The molecule has 0 aliphatic carbocycles. The molecule has 3 heterocycles. The van der Waals surface area contributed by atoms with Crippen LogP contribution in [0.25, 0.3) is 21.1 Å². The summed E-state index contributed by atoms with van der Waals surface area (Å²) < 4.78 is 5.89. The zero-order valence-electron chi connectivity index (χ0n) is 10.4. The van der Waals surface area contributed by atoms with Crippen molar-refractivity contribution in [2.45, 2.75) is 0 Å². The van der Waals surface area contributed by atoms with Crippen molar-refractivity contribution in [2.24, 2.45) is 0 Å². The van der Waals surface area contributed by atoms with Gasteiger partial charge in [-0.3, -0.25) is 4.98 Å². The van der Waals surface area contributed by atoms with Crippen LogP contribution in [-0.2, 0) is 0 Å². The molecule has 0 saturated carbocycles. The van der Waals surface area contributed by atoms with Crippen molar-refractivity contribution in [3.8, 4) is 11.6 Å². The second-order valence-electron chi connectivity index (χ2n) is 4.28. The first kappa shape index (κ1) is 11.3. The molecule has 4 nitrogen and oxygen atoms in total. The van der Waals surface area contributed by atoms with E-state index >= 15 is 0 Å². The molecule has 0 aliphatic rings. The van der Waals surface area contributed by atoms with Gasteiger partial charge >= 0.3 is 0 Å². The fraction of sp³-hybridized carbons (Fsp3) is 0. The Morgan fingerprint density at radius 1 is 1.00 bits per heavy atom. The second-order valence-corrected chi connectivity index (χ2v) is 5.17. The third kappa shape index (κ3) is 1.88. The van der Waals surface area contributed by atoms with Crippen LogP contribution >= 0.6 is 11.3 Å². The van der Waals surface area contributed by atoms with Crippen molar-refractivity contribution in [3.05, 3.63) is 54.3 Å². The van der Waals surface area contributed by atoms with E-state index in [1.165, 1.54) is 6.33 Å². The lowest BCUT2D eigenvalue weighted by Gasteiger charge is -2.06. The summed E-state index contributed by atoms with van der Waals surface area (Å²) in [5.41, 5.74) is 0.947. The summed E-state index contributed by atoms with van der Waals surface area (Å²) in [6, 6.07) is 11.7. The van der Waals surface area contributed by atoms with Crippen molar-refractivity contribution in [1.29, 1.82) is 0 Å². The third-order valence-corrected chi connectivity index (χ3v) is 3.83. The van der Waals surface area contributed by atoms with E-state index in [2.05, 4.69) is 15.0 Å². The van der Waals surface area contributed by atoms with E-state index < -0.39 is 0 Å². The topological polar surface area (TPSA) is 47.9 Å². The molecule has 0 N–H and O–H groups in total. The number of ether oxygens (including phenoxy) is 1. The van der Waals surface area contributed by atoms with Crippen LogP contribution in [0.5, 0.6) is 11.6 Å². The minimum atomic E-state index is 0.583. The molecule has 0 unspecified atom stereocenters. The molecular formula is C15H9N3OS. The average Bonchev–Trinajstić information content (AvgIpc) is 2.97. The lowest BCUT2D eigenvalue weighted by Crippen LogP contribution is -1.89. The molecule has 1 aromatic carbocycles. The van der Waals surface area contributed by atoms with Crippen LogP contribution in [0, 0.1) is 0 Å². The Morgan fingerprint density at radius 3 is 3.00 bits per heavy atom. The van der Waals surface area contributed by atoms with Crippen molar-refractivity contribution in [1.82, 2.24) is 15.0 Å². The van der Waals surface area contributed by atoms with E-state index in [-0.39, 0.29) is 0 Å². The summed E-state index contributed by atoms with van der Waals surface area (Å²) in [6.07, 6.45) is 3.30. The molecule has 4 rings (SSSR count). The first-order valence-corrected chi connectivity index (χ1v) is 6.99. The van der Waals surface area contributed by atoms with Crippen LogP contribution in [0.15, 0.2) is 54.3 Å². The normalized spacial score (nSPS) is 11.0. The van der Waals surface area contributed by atoms with Gasteiger partial charge in [-0.15, -0.1) is 11.3 Å². The molecule has 0 bridgehead atoms. The molecule has 3 aromatic heterocycles. The Labute approximate surface area is 118 Å². The number of nitrogens with zero attached hydrogens (tertiary/aromatic N) is 3. The van der Waals surface area contributed by atoms with Gasteiger partial charge in [0.2, 0.25) is 5.88 Å². The first-order chi connectivity index (χ1) is 9.90. The Hall–Kier alpha value is -2.53. The van der Waals surface area contributed by atoms with Crippen molar-refractivity contribution >= 4 is 32.5 Å². The number of fused-ring (bicyclic) bond motifs is 2. The van der Waals surface area contributed by atoms with Gasteiger partial charge in [-0.2, -0.15) is 0 Å². The second kappa shape index (κ2) is 4.54. The maximum absolute atomic E-state index is 5.89. The fourth-order valence-electron chi connectivity index (χ4n) is 2.08. The standard InChI is InChI=1S/C15H9N3OS/c1-2-10-8-11(3-4-13(10)16-6-1)19-14-12-5-7-20-15(12)18-9-17-14/h1-9H. The molecule has 5 heteroatoms. The summed E-state index contributed by atoms with van der Waals surface area (Å²) in [4.78, 5) is 13.6. The Bertz CT molecular complexity index is 904. The van der Waals surface area contributed by atoms with Crippen LogP contribution in [-0.4, -0.2) is 15.0 Å². The lowest BCUT2D eigenvalue weighted by molar-refractivity contribution is 0.469. The van der Waals surface area contributed by atoms with Crippen LogP contribution in [0.3, 0.4) is 0 Å². The summed E-state index contributed by atoms with van der Waals surface area (Å²) >= 11 is 1.57. The number of aromatic nitrogens is 3. The highest BCUT2D eigenvalue weighted by molar-refractivity contribution is 7.16. The van der Waals surface area contributed by atoms with Crippen LogP contribution < -0.4 is 4.74 Å². The van der Waals surface area contributed by atoms with Gasteiger partial charge in [-0.25, -0.2) is 9.97 Å². The first-order valence-electron chi connectivity index (χ1n) is 6.11. The third-order valence-electron chi connectivity index (χ3n) is 3.01. The highest BCUT2D eigenvalue weighted by Gasteiger charge is 2.07. The van der Waals surface area contributed by atoms with Crippen molar-refractivity contribution in [3.63, 3.8) is 0 Å². The molecule has 0 aliphatic heterocycles. The van der Waals surface area contributed by atoms with Gasteiger partial charge in [0.15, 0.2) is 0 Å². The quantitative estimate of drug-likeness (QED) is 0.556. The summed E-state index contributed by atoms with van der Waals surface area (Å²) in [6.45, 7) is 0. The number of benzene rings is 1. The largest absolute Gasteiger partial charge is 0.438 e. The molecule has 20 heavy (non-hydrogen) atoms. The van der Waals surface area contributed by atoms with E-state index in [0.29, 0.717) is 5.88 Å². The van der Waals surface area contributed by atoms with Crippen LogP contribution in [0.2, 0.25) is 0 Å². The minimum Gasteiger partial charge on any atom is -0.438 e. The van der Waals surface area contributed by atoms with Gasteiger partial charge in [0.1, 0.15) is 16.9 Å². The fourth-order valence-corrected chi connectivity index (χ4v) is 2.80. The van der Waals surface area contributed by atoms with Crippen molar-refractivity contribution < 1.29 is 4.74 Å². The molecule has 0 atom stereocenters. The van der Waals surface area contributed by atoms with Gasteiger partial charge in [-0.05, 0) is 35.7 Å². The molecule has 0 saturated heterocycles. The van der Waals surface area contributed by atoms with E-state index in [0.717, 1.165) is 26.9 Å². The van der Waals surface area contributed by atoms with Gasteiger partial charge in [0.05, 0.1) is 10.9 Å². The number of hydrogen-bond donors (Lipinski definition) is 0. The summed E-state index contributed by atoms with van der Waals surface area (Å²) in [5, 5.41) is 3.96. The number of pyridine rings is 1. The molecular weight excluding hydrogens is 270 g/mol. The van der Waals surface area contributed by atoms with Gasteiger partial charge in [-0.1, -0.05) is 6.07 Å². The van der Waals surface area contributed by atoms with E-state index in [4.69, 9.17) is 4.74 Å². The van der Waals surface area contributed by atoms with Crippen molar-refractivity contribution in [2.75, 3.05) is 0 Å². The van der Waals surface area contributed by atoms with E-state index in [1.54, 1.807) is 17.5 Å². The van der Waals surface area contributed by atoms with Crippen LogP contribution in [0.4, 0.5) is 0 Å². The number of hydrogen-bond acceptors (Lipinski definition) is 5. The molecule has 0 spiro atoms. The maximum Gasteiger partial charge on any atom is 0.231 e. The van der Waals surface area contributed by atoms with E-state index in [9.17, 15) is 0 Å². The summed E-state index contributed by atoms with van der Waals surface area (Å²) in [5.74, 6) is 1.33. The monoisotopic (exact) mass is 279 g/mol. The zero-order chi connectivity index (χ0) is 13.4. The van der Waals surface area contributed by atoms with Gasteiger partial charge < -0.3 is 4.74 Å². The van der Waals surface area contributed by atoms with Gasteiger partial charge in [0, 0.05) is 11.6 Å². The Kier molecular flexibility index (Phi) is 2.57. The molecule has 0 fully saturated rings. The minimum absolute atomic E-state index is 0.583. The Morgan fingerprint density at radius 2 is 2.00 bits per heavy atom. The lowest BCUT2D eigenvalue weighted by atomic mass is 10.2. The average molecular weight is 279 g/mol. The number of thiophene rings is 1. The SMILES string of the molecule is c1cnc2ccc(Oc3ncnc4sccc34)cc2c1.